The van der Waals surface area contributed by atoms with E-state index < -0.39 is 10.0 Å². The maximum Gasteiger partial charge on any atom is 0.250 e. The molecule has 0 bridgehead atoms. The van der Waals surface area contributed by atoms with Crippen LogP contribution in [0.2, 0.25) is 0 Å². The maximum atomic E-state index is 12.1. The lowest BCUT2D eigenvalue weighted by molar-refractivity contribution is 0.558. The van der Waals surface area contributed by atoms with Gasteiger partial charge in [0.1, 0.15) is 4.21 Å². The van der Waals surface area contributed by atoms with E-state index in [0.29, 0.717) is 10.3 Å². The molecule has 1 aromatic heterocycles. The fraction of sp³-hybridized carbons (Fsp3) is 0.692. The van der Waals surface area contributed by atoms with E-state index in [2.05, 4.69) is 23.9 Å². The minimum absolute atomic E-state index is 0.0295. The van der Waals surface area contributed by atoms with Gasteiger partial charge in [-0.3, -0.25) is 0 Å². The van der Waals surface area contributed by atoms with E-state index in [4.69, 9.17) is 0 Å². The van der Waals surface area contributed by atoms with Crippen molar-refractivity contribution in [2.24, 2.45) is 0 Å². The van der Waals surface area contributed by atoms with Gasteiger partial charge < -0.3 is 5.32 Å². The molecule has 1 aromatic rings. The average Bonchev–Trinajstić information content (AvgIpc) is 2.77. The van der Waals surface area contributed by atoms with Gasteiger partial charge >= 0.3 is 0 Å². The molecule has 0 radical (unpaired) electrons. The summed E-state index contributed by atoms with van der Waals surface area (Å²) in [6.45, 7) is 8.90. The van der Waals surface area contributed by atoms with Gasteiger partial charge in [-0.2, -0.15) is 0 Å². The van der Waals surface area contributed by atoms with Crippen LogP contribution in [0.25, 0.3) is 0 Å². The van der Waals surface area contributed by atoms with Crippen molar-refractivity contribution in [3.05, 3.63) is 17.0 Å². The van der Waals surface area contributed by atoms with Crippen LogP contribution in [-0.2, 0) is 16.4 Å². The lowest BCUT2D eigenvalue weighted by Crippen LogP contribution is -2.31. The van der Waals surface area contributed by atoms with Crippen LogP contribution in [0, 0.1) is 0 Å². The van der Waals surface area contributed by atoms with Crippen LogP contribution in [0.1, 0.15) is 39.0 Å². The lowest BCUT2D eigenvalue weighted by Gasteiger charge is -2.10. The Kier molecular flexibility index (Phi) is 6.46. The monoisotopic (exact) mass is 304 g/mol. The van der Waals surface area contributed by atoms with Gasteiger partial charge in [-0.25, -0.2) is 13.1 Å². The Balaban J connectivity index is 2.63. The van der Waals surface area contributed by atoms with Crippen molar-refractivity contribution in [3.8, 4) is 0 Å². The van der Waals surface area contributed by atoms with Gasteiger partial charge in [-0.1, -0.05) is 20.8 Å². The van der Waals surface area contributed by atoms with E-state index in [1.807, 2.05) is 19.9 Å². The quantitative estimate of drug-likeness (QED) is 0.775. The number of nitrogens with one attached hydrogen (secondary N) is 2. The van der Waals surface area contributed by atoms with E-state index in [-0.39, 0.29) is 6.04 Å². The van der Waals surface area contributed by atoms with Crippen LogP contribution in [0.3, 0.4) is 0 Å². The molecule has 1 heterocycles. The molecule has 0 saturated heterocycles. The van der Waals surface area contributed by atoms with E-state index in [1.165, 1.54) is 11.3 Å². The molecule has 0 aromatic carbocycles. The largest absolute Gasteiger partial charge is 0.314 e. The topological polar surface area (TPSA) is 58.2 Å². The van der Waals surface area contributed by atoms with Gasteiger partial charge in [0.2, 0.25) is 10.0 Å². The van der Waals surface area contributed by atoms with Crippen LogP contribution in [0.15, 0.2) is 16.3 Å². The molecule has 0 aliphatic rings. The molecule has 0 amide bonds. The van der Waals surface area contributed by atoms with Gasteiger partial charge in [-0.05, 0) is 31.9 Å². The Labute approximate surface area is 120 Å². The van der Waals surface area contributed by atoms with Gasteiger partial charge in [0.25, 0.3) is 0 Å². The van der Waals surface area contributed by atoms with Crippen LogP contribution in [-0.4, -0.2) is 27.0 Å². The van der Waals surface area contributed by atoms with Crippen LogP contribution < -0.4 is 10.0 Å². The summed E-state index contributed by atoms with van der Waals surface area (Å²) in [6.07, 6.45) is 1.65. The molecule has 4 nitrogen and oxygen atoms in total. The minimum Gasteiger partial charge on any atom is -0.314 e. The fourth-order valence-electron chi connectivity index (χ4n) is 1.53. The molecule has 2 N–H and O–H groups in total. The summed E-state index contributed by atoms with van der Waals surface area (Å²) in [5.41, 5.74) is 0. The zero-order chi connectivity index (χ0) is 14.5. The van der Waals surface area contributed by atoms with Crippen molar-refractivity contribution in [1.82, 2.24) is 10.0 Å². The molecule has 1 unspecified atom stereocenters. The Morgan fingerprint density at radius 3 is 2.53 bits per heavy atom. The van der Waals surface area contributed by atoms with Crippen molar-refractivity contribution >= 4 is 21.4 Å². The first-order chi connectivity index (χ1) is 8.85. The van der Waals surface area contributed by atoms with Crippen LogP contribution >= 0.6 is 11.3 Å². The Hall–Kier alpha value is -0.430. The number of rotatable bonds is 8. The number of sulfonamides is 1. The average molecular weight is 304 g/mol. The van der Waals surface area contributed by atoms with Crippen molar-refractivity contribution in [1.29, 1.82) is 0 Å². The molecule has 0 spiro atoms. The van der Waals surface area contributed by atoms with E-state index in [0.717, 1.165) is 24.3 Å². The first kappa shape index (κ1) is 16.6. The van der Waals surface area contributed by atoms with E-state index in [1.54, 1.807) is 6.07 Å². The third-order valence-electron chi connectivity index (χ3n) is 2.79. The smallest absolute Gasteiger partial charge is 0.250 e. The predicted octanol–water partition coefficient (Wildman–Crippen LogP) is 2.37. The van der Waals surface area contributed by atoms with Gasteiger partial charge in [0, 0.05) is 23.5 Å². The number of hydrogen-bond acceptors (Lipinski definition) is 4. The highest BCUT2D eigenvalue weighted by molar-refractivity contribution is 7.91. The summed E-state index contributed by atoms with van der Waals surface area (Å²) in [5.74, 6) is 0. The summed E-state index contributed by atoms with van der Waals surface area (Å²) in [4.78, 5) is 1.10. The molecular weight excluding hydrogens is 280 g/mol. The summed E-state index contributed by atoms with van der Waals surface area (Å²) in [5, 5.41) is 3.32. The summed E-state index contributed by atoms with van der Waals surface area (Å²) in [7, 11) is -3.34. The van der Waals surface area contributed by atoms with E-state index in [9.17, 15) is 8.42 Å². The molecule has 0 fully saturated rings. The van der Waals surface area contributed by atoms with Crippen molar-refractivity contribution in [2.45, 2.75) is 56.8 Å². The zero-order valence-corrected chi connectivity index (χ0v) is 13.7. The highest BCUT2D eigenvalue weighted by Crippen LogP contribution is 2.22. The van der Waals surface area contributed by atoms with Crippen molar-refractivity contribution in [2.75, 3.05) is 6.54 Å². The molecule has 0 aliphatic carbocycles. The maximum absolute atomic E-state index is 12.1. The molecule has 0 aliphatic heterocycles. The molecule has 110 valence electrons. The number of hydrogen-bond donors (Lipinski definition) is 2. The highest BCUT2D eigenvalue weighted by atomic mass is 32.2. The van der Waals surface area contributed by atoms with Gasteiger partial charge in [0.05, 0.1) is 0 Å². The van der Waals surface area contributed by atoms with Crippen molar-refractivity contribution in [3.63, 3.8) is 0 Å². The SMILES string of the molecule is CCC(C)NS(=O)(=O)c1ccc(CCNC(C)C)s1. The standard InChI is InChI=1S/C13H24N2O2S2/c1-5-11(4)15-19(16,17)13-7-6-12(18-13)8-9-14-10(2)3/h6-7,10-11,14-15H,5,8-9H2,1-4H3. The zero-order valence-electron chi connectivity index (χ0n) is 12.1. The second-order valence-electron chi connectivity index (χ2n) is 5.01. The van der Waals surface area contributed by atoms with Crippen molar-refractivity contribution < 1.29 is 8.42 Å². The predicted molar refractivity (Wildman–Crippen MR) is 81.2 cm³/mol. The fourth-order valence-corrected chi connectivity index (χ4v) is 4.23. The third kappa shape index (κ3) is 5.60. The molecule has 6 heteroatoms. The normalized spacial score (nSPS) is 13.9. The molecular formula is C13H24N2O2S2. The van der Waals surface area contributed by atoms with Crippen LogP contribution in [0.4, 0.5) is 0 Å². The Morgan fingerprint density at radius 2 is 1.95 bits per heavy atom. The van der Waals surface area contributed by atoms with Gasteiger partial charge in [-0.15, -0.1) is 11.3 Å². The van der Waals surface area contributed by atoms with E-state index >= 15 is 0 Å². The molecule has 19 heavy (non-hydrogen) atoms. The first-order valence-electron chi connectivity index (χ1n) is 6.69. The van der Waals surface area contributed by atoms with Crippen LogP contribution in [0.5, 0.6) is 0 Å². The first-order valence-corrected chi connectivity index (χ1v) is 8.99. The Bertz CT molecular complexity index is 481. The third-order valence-corrected chi connectivity index (χ3v) is 6.02. The molecule has 0 saturated carbocycles. The molecule has 1 atom stereocenters. The summed E-state index contributed by atoms with van der Waals surface area (Å²) in [6, 6.07) is 4.02. The highest BCUT2D eigenvalue weighted by Gasteiger charge is 2.18. The Morgan fingerprint density at radius 1 is 1.26 bits per heavy atom. The second kappa shape index (κ2) is 7.38. The number of thiophene rings is 1. The minimum atomic E-state index is -3.34. The second-order valence-corrected chi connectivity index (χ2v) is 8.12. The summed E-state index contributed by atoms with van der Waals surface area (Å²) >= 11 is 1.35. The summed E-state index contributed by atoms with van der Waals surface area (Å²) < 4.78 is 27.2. The molecule has 1 rings (SSSR count). The lowest BCUT2D eigenvalue weighted by atomic mass is 10.3. The van der Waals surface area contributed by atoms with Gasteiger partial charge in [0.15, 0.2) is 0 Å².